The van der Waals surface area contributed by atoms with Gasteiger partial charge in [-0.2, -0.15) is 0 Å². The molecule has 1 N–H and O–H groups in total. The number of rotatable bonds is 7. The fraction of sp³-hybridized carbons (Fsp3) is 0.261. The molecule has 1 amide bonds. The second-order valence-electron chi connectivity index (χ2n) is 7.25. The summed E-state index contributed by atoms with van der Waals surface area (Å²) in [5.74, 6) is 1.55. The second kappa shape index (κ2) is 9.13. The van der Waals surface area contributed by atoms with Crippen molar-refractivity contribution in [3.63, 3.8) is 0 Å². The van der Waals surface area contributed by atoms with Gasteiger partial charge in [0.25, 0.3) is 5.91 Å². The smallest absolute Gasteiger partial charge is 0.272 e. The topological polar surface area (TPSA) is 58.1 Å². The lowest BCUT2D eigenvalue weighted by molar-refractivity contribution is 0.0779. The largest absolute Gasteiger partial charge is 0.370 e. The lowest BCUT2D eigenvalue weighted by Crippen LogP contribution is -2.27. The summed E-state index contributed by atoms with van der Waals surface area (Å²) in [6, 6.07) is 21.4. The van der Waals surface area contributed by atoms with Crippen molar-refractivity contribution in [1.82, 2.24) is 14.9 Å². The van der Waals surface area contributed by atoms with Gasteiger partial charge in [-0.15, -0.1) is 0 Å². The van der Waals surface area contributed by atoms with Gasteiger partial charge in [-0.1, -0.05) is 74.5 Å². The molecule has 3 aromatic rings. The van der Waals surface area contributed by atoms with Gasteiger partial charge in [0.2, 0.25) is 0 Å². The Bertz CT molecular complexity index is 910. The van der Waals surface area contributed by atoms with Crippen LogP contribution in [0, 0.1) is 5.92 Å². The maximum atomic E-state index is 13.0. The number of hydrogen-bond donors (Lipinski definition) is 1. The number of hydrogen-bond acceptors (Lipinski definition) is 4. The van der Waals surface area contributed by atoms with Crippen molar-refractivity contribution in [2.45, 2.75) is 20.4 Å². The summed E-state index contributed by atoms with van der Waals surface area (Å²) in [4.78, 5) is 23.9. The van der Waals surface area contributed by atoms with Crippen LogP contribution in [0.4, 0.5) is 5.82 Å². The molecule has 0 fully saturated rings. The molecule has 3 rings (SSSR count). The van der Waals surface area contributed by atoms with Crippen molar-refractivity contribution in [2.24, 2.45) is 5.92 Å². The third-order valence-corrected chi connectivity index (χ3v) is 4.28. The SMILES string of the molecule is CC(C)CNc1cc(C(=O)N(C)Cc2ccccc2)nc(-c2ccccc2)n1. The van der Waals surface area contributed by atoms with E-state index in [9.17, 15) is 4.79 Å². The van der Waals surface area contributed by atoms with Gasteiger partial charge in [0.15, 0.2) is 5.82 Å². The number of carbonyl (C=O) groups excluding carboxylic acids is 1. The standard InChI is InChI=1S/C23H26N4O/c1-17(2)15-24-21-14-20(25-22(26-21)19-12-8-5-9-13-19)23(28)27(3)16-18-10-6-4-7-11-18/h4-14,17H,15-16H2,1-3H3,(H,24,25,26). The molecular weight excluding hydrogens is 348 g/mol. The zero-order chi connectivity index (χ0) is 19.9. The van der Waals surface area contributed by atoms with Gasteiger partial charge >= 0.3 is 0 Å². The quantitative estimate of drug-likeness (QED) is 0.662. The first-order chi connectivity index (χ1) is 13.5. The fourth-order valence-corrected chi connectivity index (χ4v) is 2.80. The number of amides is 1. The highest BCUT2D eigenvalue weighted by atomic mass is 16.2. The average molecular weight is 374 g/mol. The summed E-state index contributed by atoms with van der Waals surface area (Å²) in [7, 11) is 1.79. The number of nitrogens with one attached hydrogen (secondary N) is 1. The van der Waals surface area contributed by atoms with Gasteiger partial charge in [0.1, 0.15) is 11.5 Å². The molecule has 5 nitrogen and oxygen atoms in total. The molecule has 144 valence electrons. The Balaban J connectivity index is 1.89. The van der Waals surface area contributed by atoms with E-state index in [2.05, 4.69) is 29.1 Å². The summed E-state index contributed by atoms with van der Waals surface area (Å²) < 4.78 is 0. The minimum absolute atomic E-state index is 0.129. The van der Waals surface area contributed by atoms with E-state index in [-0.39, 0.29) is 5.91 Å². The minimum Gasteiger partial charge on any atom is -0.370 e. The summed E-state index contributed by atoms with van der Waals surface area (Å²) >= 11 is 0. The zero-order valence-corrected chi connectivity index (χ0v) is 16.6. The van der Waals surface area contributed by atoms with Gasteiger partial charge in [-0.3, -0.25) is 4.79 Å². The molecule has 1 heterocycles. The van der Waals surface area contributed by atoms with Crippen molar-refractivity contribution in [2.75, 3.05) is 18.9 Å². The fourth-order valence-electron chi connectivity index (χ4n) is 2.80. The van der Waals surface area contributed by atoms with Crippen LogP contribution in [0.2, 0.25) is 0 Å². The summed E-state index contributed by atoms with van der Waals surface area (Å²) in [6.07, 6.45) is 0. The summed E-state index contributed by atoms with van der Waals surface area (Å²) in [5, 5.41) is 3.32. The predicted octanol–water partition coefficient (Wildman–Crippen LogP) is 4.48. The van der Waals surface area contributed by atoms with Crippen molar-refractivity contribution >= 4 is 11.7 Å². The van der Waals surface area contributed by atoms with E-state index in [0.717, 1.165) is 17.7 Å². The molecule has 0 bridgehead atoms. The van der Waals surface area contributed by atoms with E-state index in [1.165, 1.54) is 0 Å². The Morgan fingerprint density at radius 3 is 2.29 bits per heavy atom. The van der Waals surface area contributed by atoms with E-state index < -0.39 is 0 Å². The zero-order valence-electron chi connectivity index (χ0n) is 16.6. The van der Waals surface area contributed by atoms with Gasteiger partial charge in [-0.25, -0.2) is 9.97 Å². The van der Waals surface area contributed by atoms with E-state index in [1.54, 1.807) is 18.0 Å². The van der Waals surface area contributed by atoms with Crippen LogP contribution in [-0.2, 0) is 6.54 Å². The van der Waals surface area contributed by atoms with E-state index >= 15 is 0 Å². The van der Waals surface area contributed by atoms with Crippen LogP contribution in [-0.4, -0.2) is 34.4 Å². The minimum atomic E-state index is -0.129. The first-order valence-corrected chi connectivity index (χ1v) is 9.50. The number of aromatic nitrogens is 2. The van der Waals surface area contributed by atoms with Crippen LogP contribution in [0.15, 0.2) is 66.7 Å². The molecule has 2 aromatic carbocycles. The molecule has 0 unspecified atom stereocenters. The number of benzene rings is 2. The van der Waals surface area contributed by atoms with Crippen molar-refractivity contribution in [3.05, 3.63) is 78.0 Å². The molecule has 0 saturated carbocycles. The maximum Gasteiger partial charge on any atom is 0.272 e. The lowest BCUT2D eigenvalue weighted by atomic mass is 10.2. The Hall–Kier alpha value is -3.21. The number of carbonyl (C=O) groups is 1. The molecule has 0 aliphatic carbocycles. The Morgan fingerprint density at radius 2 is 1.64 bits per heavy atom. The molecule has 0 atom stereocenters. The van der Waals surface area contributed by atoms with Crippen LogP contribution in [0.5, 0.6) is 0 Å². The van der Waals surface area contributed by atoms with E-state index in [4.69, 9.17) is 0 Å². The first kappa shape index (κ1) is 19.5. The molecule has 0 aliphatic rings. The highest BCUT2D eigenvalue weighted by Crippen LogP contribution is 2.19. The van der Waals surface area contributed by atoms with Gasteiger partial charge in [0, 0.05) is 31.8 Å². The number of nitrogens with zero attached hydrogens (tertiary/aromatic N) is 3. The van der Waals surface area contributed by atoms with Crippen LogP contribution in [0.1, 0.15) is 29.9 Å². The van der Waals surface area contributed by atoms with Crippen LogP contribution in [0.3, 0.4) is 0 Å². The normalized spacial score (nSPS) is 10.7. The highest BCUT2D eigenvalue weighted by molar-refractivity contribution is 5.93. The van der Waals surface area contributed by atoms with Crippen molar-refractivity contribution in [1.29, 1.82) is 0 Å². The van der Waals surface area contributed by atoms with Gasteiger partial charge < -0.3 is 10.2 Å². The summed E-state index contributed by atoms with van der Waals surface area (Å²) in [6.45, 7) is 5.57. The monoisotopic (exact) mass is 374 g/mol. The average Bonchev–Trinajstić information content (AvgIpc) is 2.73. The van der Waals surface area contributed by atoms with Gasteiger partial charge in [0.05, 0.1) is 0 Å². The van der Waals surface area contributed by atoms with Crippen molar-refractivity contribution in [3.8, 4) is 11.4 Å². The van der Waals surface area contributed by atoms with Crippen molar-refractivity contribution < 1.29 is 4.79 Å². The molecular formula is C23H26N4O. The lowest BCUT2D eigenvalue weighted by Gasteiger charge is -2.18. The Labute approximate surface area is 166 Å². The predicted molar refractivity (Wildman–Crippen MR) is 113 cm³/mol. The van der Waals surface area contributed by atoms with E-state index in [0.29, 0.717) is 29.8 Å². The molecule has 1 aromatic heterocycles. The molecule has 5 heteroatoms. The summed E-state index contributed by atoms with van der Waals surface area (Å²) in [5.41, 5.74) is 2.35. The molecule has 0 saturated heterocycles. The van der Waals surface area contributed by atoms with Gasteiger partial charge in [-0.05, 0) is 11.5 Å². The van der Waals surface area contributed by atoms with Crippen LogP contribution in [0.25, 0.3) is 11.4 Å². The highest BCUT2D eigenvalue weighted by Gasteiger charge is 2.17. The van der Waals surface area contributed by atoms with Crippen LogP contribution < -0.4 is 5.32 Å². The van der Waals surface area contributed by atoms with Crippen LogP contribution >= 0.6 is 0 Å². The maximum absolute atomic E-state index is 13.0. The van der Waals surface area contributed by atoms with E-state index in [1.807, 2.05) is 60.7 Å². The number of anilines is 1. The third-order valence-electron chi connectivity index (χ3n) is 4.28. The first-order valence-electron chi connectivity index (χ1n) is 9.50. The third kappa shape index (κ3) is 5.16. The Morgan fingerprint density at radius 1 is 1.00 bits per heavy atom. The second-order valence-corrected chi connectivity index (χ2v) is 7.25. The molecule has 0 spiro atoms. The molecule has 0 radical (unpaired) electrons. The molecule has 28 heavy (non-hydrogen) atoms. The molecule has 0 aliphatic heterocycles. The Kier molecular flexibility index (Phi) is 6.37.